The van der Waals surface area contributed by atoms with Crippen LogP contribution in [0, 0.1) is 12.8 Å². The Balaban J connectivity index is 0.000000845. The zero-order chi connectivity index (χ0) is 8.55. The molecule has 1 aromatic rings. The summed E-state index contributed by atoms with van der Waals surface area (Å²) in [6.45, 7) is 3.97. The van der Waals surface area contributed by atoms with Crippen LogP contribution in [0.4, 0.5) is 5.95 Å². The zero-order valence-corrected chi connectivity index (χ0v) is 13.1. The van der Waals surface area contributed by atoms with Gasteiger partial charge in [0.2, 0.25) is 5.95 Å². The fourth-order valence-electron chi connectivity index (χ4n) is 1.11. The third kappa shape index (κ3) is 2.62. The van der Waals surface area contributed by atoms with Crippen molar-refractivity contribution >= 4 is 18.4 Å². The van der Waals surface area contributed by atoms with Crippen molar-refractivity contribution in [2.75, 3.05) is 0 Å². The molecule has 0 aromatic carbocycles. The Hall–Kier alpha value is 0.295. The van der Waals surface area contributed by atoms with Gasteiger partial charge >= 0.3 is 58.2 Å². The van der Waals surface area contributed by atoms with Gasteiger partial charge in [0.05, 0.1) is 5.69 Å². The van der Waals surface area contributed by atoms with Crippen LogP contribution in [0.3, 0.4) is 0 Å². The standard InChI is InChI=1S/C9H10N3.Rb/c1-7-3-4-12-6-8(2)11-9(12)10-5-7;/h3-6H,1-2H3;/q-1;+1. The van der Waals surface area contributed by atoms with Crippen LogP contribution in [-0.4, -0.2) is 15.8 Å². The fourth-order valence-corrected chi connectivity index (χ4v) is 1.11. The molecule has 0 atom stereocenters. The van der Waals surface area contributed by atoms with Gasteiger partial charge in [-0.3, -0.25) is 0 Å². The molecule has 1 aromatic heterocycles. The summed E-state index contributed by atoms with van der Waals surface area (Å²) in [6, 6.07) is 0. The third-order valence-electron chi connectivity index (χ3n) is 1.71. The molecule has 0 unspecified atom stereocenters. The van der Waals surface area contributed by atoms with Gasteiger partial charge in [0.15, 0.2) is 0 Å². The maximum absolute atomic E-state index is 4.25. The summed E-state index contributed by atoms with van der Waals surface area (Å²) in [7, 11) is 0. The first-order valence-corrected chi connectivity index (χ1v) is 3.87. The van der Waals surface area contributed by atoms with Crippen LogP contribution >= 0.6 is 0 Å². The van der Waals surface area contributed by atoms with Crippen molar-refractivity contribution in [3.63, 3.8) is 0 Å². The third-order valence-corrected chi connectivity index (χ3v) is 1.71. The fraction of sp³-hybridized carbons (Fsp3) is 0.222. The average Bonchev–Trinajstić information content (AvgIpc) is 2.31. The van der Waals surface area contributed by atoms with Gasteiger partial charge in [-0.2, -0.15) is 5.92 Å². The second kappa shape index (κ2) is 4.69. The van der Waals surface area contributed by atoms with Crippen LogP contribution < -0.4 is 58.2 Å². The summed E-state index contributed by atoms with van der Waals surface area (Å²) in [5.74, 6) is 1.89. The molecule has 0 aliphatic carbocycles. The molecular formula is C9H10N3Rb. The number of hydrogen-bond donors (Lipinski definition) is 0. The van der Waals surface area contributed by atoms with Crippen LogP contribution in [-0.2, 0) is 0 Å². The van der Waals surface area contributed by atoms with Crippen molar-refractivity contribution in [1.82, 2.24) is 9.55 Å². The van der Waals surface area contributed by atoms with Crippen LogP contribution in [0.1, 0.15) is 12.6 Å². The first kappa shape index (κ1) is 11.4. The van der Waals surface area contributed by atoms with Gasteiger partial charge in [-0.05, 0) is 13.1 Å². The minimum Gasteiger partial charge on any atom is -0.372 e. The Kier molecular flexibility index (Phi) is 4.10. The van der Waals surface area contributed by atoms with E-state index in [1.54, 1.807) is 0 Å². The van der Waals surface area contributed by atoms with E-state index in [-0.39, 0.29) is 58.2 Å². The van der Waals surface area contributed by atoms with E-state index >= 15 is 0 Å². The van der Waals surface area contributed by atoms with Crippen molar-refractivity contribution in [2.24, 2.45) is 4.99 Å². The van der Waals surface area contributed by atoms with Crippen molar-refractivity contribution < 1.29 is 58.2 Å². The van der Waals surface area contributed by atoms with Gasteiger partial charge in [0.25, 0.3) is 0 Å². The molecule has 0 fully saturated rings. The molecule has 0 saturated heterocycles. The number of aromatic nitrogens is 2. The molecule has 0 bridgehead atoms. The van der Waals surface area contributed by atoms with E-state index < -0.39 is 0 Å². The predicted octanol–water partition coefficient (Wildman–Crippen LogP) is -1.02. The molecule has 0 amide bonds. The Labute approximate surface area is 127 Å². The molecule has 2 rings (SSSR count). The Morgan fingerprint density at radius 1 is 1.46 bits per heavy atom. The van der Waals surface area contributed by atoms with Crippen molar-refractivity contribution in [1.29, 1.82) is 0 Å². The van der Waals surface area contributed by atoms with E-state index in [2.05, 4.69) is 9.98 Å². The molecule has 13 heavy (non-hydrogen) atoms. The molecule has 0 spiro atoms. The monoisotopic (exact) mass is 245 g/mol. The van der Waals surface area contributed by atoms with Gasteiger partial charge in [0.1, 0.15) is 0 Å². The minimum atomic E-state index is 0. The van der Waals surface area contributed by atoms with Gasteiger partial charge in [-0.25, -0.2) is 16.1 Å². The normalized spacial score (nSPS) is 13.5. The van der Waals surface area contributed by atoms with E-state index in [9.17, 15) is 0 Å². The number of allylic oxidation sites excluding steroid dienone is 1. The van der Waals surface area contributed by atoms with Crippen molar-refractivity contribution in [3.8, 4) is 0 Å². The number of rotatable bonds is 0. The number of imidazole rings is 1. The topological polar surface area (TPSA) is 30.2 Å². The molecule has 1 aliphatic heterocycles. The van der Waals surface area contributed by atoms with E-state index in [0.29, 0.717) is 0 Å². The minimum absolute atomic E-state index is 0. The van der Waals surface area contributed by atoms with Crippen molar-refractivity contribution in [3.05, 3.63) is 23.9 Å². The maximum Gasteiger partial charge on any atom is 1.00 e. The average molecular weight is 246 g/mol. The Morgan fingerprint density at radius 3 is 3.00 bits per heavy atom. The van der Waals surface area contributed by atoms with E-state index in [4.69, 9.17) is 0 Å². The number of aliphatic imine (C=N–C) groups is 1. The van der Waals surface area contributed by atoms with E-state index in [1.165, 1.54) is 0 Å². The summed E-state index contributed by atoms with van der Waals surface area (Å²) < 4.78 is 1.92. The van der Waals surface area contributed by atoms with Gasteiger partial charge in [-0.15, -0.1) is 13.1 Å². The predicted molar refractivity (Wildman–Crippen MR) is 49.4 cm³/mol. The summed E-state index contributed by atoms with van der Waals surface area (Å²) in [5.41, 5.74) is 0.992. The molecule has 3 nitrogen and oxygen atoms in total. The number of nitrogens with zero attached hydrogens (tertiary/aromatic N) is 3. The summed E-state index contributed by atoms with van der Waals surface area (Å²) >= 11 is 0. The van der Waals surface area contributed by atoms with Crippen LogP contribution in [0.15, 0.2) is 17.3 Å². The summed E-state index contributed by atoms with van der Waals surface area (Å²) in [5, 5.41) is 0. The van der Waals surface area contributed by atoms with E-state index in [1.807, 2.05) is 43.1 Å². The van der Waals surface area contributed by atoms with Crippen LogP contribution in [0.5, 0.6) is 0 Å². The second-order valence-electron chi connectivity index (χ2n) is 2.91. The molecule has 4 heteroatoms. The molecule has 1 aliphatic rings. The molecule has 0 N–H and O–H groups in total. The smallest absolute Gasteiger partial charge is 0.372 e. The Bertz CT molecular complexity index is 320. The Morgan fingerprint density at radius 2 is 2.23 bits per heavy atom. The number of hydrogen-bond acceptors (Lipinski definition) is 2. The SMILES string of the molecule is Cc1cn2c(n1)N=C[C-](C)C=C2.[Rb+]. The summed E-state index contributed by atoms with van der Waals surface area (Å²) in [6.07, 6.45) is 7.77. The quantitative estimate of drug-likeness (QED) is 0.538. The molecule has 2 heterocycles. The van der Waals surface area contributed by atoms with Crippen LogP contribution in [0.2, 0.25) is 0 Å². The van der Waals surface area contributed by atoms with Gasteiger partial charge < -0.3 is 4.57 Å². The number of fused-ring (bicyclic) bond motifs is 1. The first-order valence-electron chi connectivity index (χ1n) is 3.87. The van der Waals surface area contributed by atoms with Crippen molar-refractivity contribution in [2.45, 2.75) is 13.8 Å². The maximum atomic E-state index is 4.25. The van der Waals surface area contributed by atoms with Gasteiger partial charge in [-0.1, -0.05) is 0 Å². The number of aryl methyl sites for hydroxylation is 1. The second-order valence-corrected chi connectivity index (χ2v) is 2.91. The summed E-state index contributed by atoms with van der Waals surface area (Å²) in [4.78, 5) is 8.46. The molecule has 0 saturated carbocycles. The first-order chi connectivity index (χ1) is 5.75. The molecular weight excluding hydrogens is 236 g/mol. The largest absolute Gasteiger partial charge is 1.00 e. The zero-order valence-electron chi connectivity index (χ0n) is 8.15. The van der Waals surface area contributed by atoms with Crippen LogP contribution in [0.25, 0.3) is 6.20 Å². The van der Waals surface area contributed by atoms with E-state index in [0.717, 1.165) is 17.6 Å². The van der Waals surface area contributed by atoms with Gasteiger partial charge in [0, 0.05) is 6.20 Å². The molecule has 62 valence electrons. The molecule has 0 radical (unpaired) electrons.